The summed E-state index contributed by atoms with van der Waals surface area (Å²) < 4.78 is 7.95. The Kier molecular flexibility index (Phi) is 4.00. The zero-order chi connectivity index (χ0) is 12.5. The topological polar surface area (TPSA) is 26.0 Å². The van der Waals surface area contributed by atoms with E-state index in [2.05, 4.69) is 53.8 Å². The molecule has 0 saturated heterocycles. The number of aromatic nitrogens is 1. The predicted molar refractivity (Wildman–Crippen MR) is 76.8 cm³/mol. The Labute approximate surface area is 118 Å². The van der Waals surface area contributed by atoms with E-state index in [0.717, 1.165) is 21.2 Å². The van der Waals surface area contributed by atoms with Crippen LogP contribution in [0.25, 0.3) is 0 Å². The zero-order valence-corrected chi connectivity index (χ0v) is 13.2. The zero-order valence-electron chi connectivity index (χ0n) is 9.99. The summed E-state index contributed by atoms with van der Waals surface area (Å²) in [6.45, 7) is 6.47. The molecule has 0 radical (unpaired) electrons. The lowest BCUT2D eigenvalue weighted by molar-refractivity contribution is 0.394. The maximum Gasteiger partial charge on any atom is 0.160 e. The molecule has 2 rings (SSSR count). The molecule has 0 aromatic carbocycles. The van der Waals surface area contributed by atoms with Crippen LogP contribution in [0.15, 0.2) is 30.9 Å². The summed E-state index contributed by atoms with van der Waals surface area (Å²) >= 11 is 6.76. The highest BCUT2D eigenvalue weighted by atomic mass is 79.9. The molecule has 2 heterocycles. The van der Waals surface area contributed by atoms with Crippen molar-refractivity contribution in [1.29, 1.82) is 0 Å². The lowest BCUT2D eigenvalue weighted by atomic mass is 9.94. The standard InChI is InChI=1S/C12H14BrNOS2/c1-12(2,3)9-5-4-8(15-9)7-16-10-6-14-11(13)17-10/h4-6H,7H2,1-3H3. The van der Waals surface area contributed by atoms with Crippen LogP contribution in [0.5, 0.6) is 0 Å². The van der Waals surface area contributed by atoms with Crippen molar-refractivity contribution in [3.63, 3.8) is 0 Å². The minimum atomic E-state index is 0.0798. The molecule has 0 fully saturated rings. The van der Waals surface area contributed by atoms with Crippen molar-refractivity contribution >= 4 is 39.0 Å². The van der Waals surface area contributed by atoms with Gasteiger partial charge in [0.1, 0.15) is 11.5 Å². The molecule has 0 aliphatic carbocycles. The third kappa shape index (κ3) is 3.60. The smallest absolute Gasteiger partial charge is 0.160 e. The number of furan rings is 1. The molecule has 92 valence electrons. The minimum Gasteiger partial charge on any atom is -0.465 e. The van der Waals surface area contributed by atoms with E-state index in [-0.39, 0.29) is 5.41 Å². The molecule has 0 spiro atoms. The van der Waals surface area contributed by atoms with E-state index < -0.39 is 0 Å². The summed E-state index contributed by atoms with van der Waals surface area (Å²) in [5, 5.41) is 0. The molecule has 0 unspecified atom stereocenters. The quantitative estimate of drug-likeness (QED) is 0.733. The van der Waals surface area contributed by atoms with Crippen LogP contribution in [-0.4, -0.2) is 4.98 Å². The van der Waals surface area contributed by atoms with Gasteiger partial charge in [0, 0.05) is 5.41 Å². The summed E-state index contributed by atoms with van der Waals surface area (Å²) in [5.41, 5.74) is 0.0798. The van der Waals surface area contributed by atoms with Crippen LogP contribution in [0, 0.1) is 0 Å². The van der Waals surface area contributed by atoms with Crippen molar-refractivity contribution in [3.05, 3.63) is 33.8 Å². The summed E-state index contributed by atoms with van der Waals surface area (Å²) in [6.07, 6.45) is 1.88. The molecular formula is C12H14BrNOS2. The second kappa shape index (κ2) is 5.16. The van der Waals surface area contributed by atoms with Gasteiger partial charge in [-0.15, -0.1) is 23.1 Å². The van der Waals surface area contributed by atoms with Gasteiger partial charge < -0.3 is 4.42 Å². The molecule has 5 heteroatoms. The fourth-order valence-electron chi connectivity index (χ4n) is 1.31. The Morgan fingerprint density at radius 2 is 2.18 bits per heavy atom. The van der Waals surface area contributed by atoms with Gasteiger partial charge in [-0.25, -0.2) is 4.98 Å². The van der Waals surface area contributed by atoms with E-state index in [1.54, 1.807) is 23.1 Å². The summed E-state index contributed by atoms with van der Waals surface area (Å²) in [7, 11) is 0. The van der Waals surface area contributed by atoms with Gasteiger partial charge in [0.25, 0.3) is 0 Å². The number of thioether (sulfide) groups is 1. The van der Waals surface area contributed by atoms with Crippen molar-refractivity contribution in [1.82, 2.24) is 4.98 Å². The van der Waals surface area contributed by atoms with E-state index in [1.807, 2.05) is 6.20 Å². The van der Waals surface area contributed by atoms with Crippen LogP contribution >= 0.6 is 39.0 Å². The summed E-state index contributed by atoms with van der Waals surface area (Å²) in [5.74, 6) is 2.91. The van der Waals surface area contributed by atoms with Crippen molar-refractivity contribution in [2.24, 2.45) is 0 Å². The molecule has 17 heavy (non-hydrogen) atoms. The summed E-state index contributed by atoms with van der Waals surface area (Å²) in [4.78, 5) is 4.16. The van der Waals surface area contributed by atoms with E-state index in [0.29, 0.717) is 0 Å². The van der Waals surface area contributed by atoms with E-state index >= 15 is 0 Å². The van der Waals surface area contributed by atoms with Crippen LogP contribution in [0.3, 0.4) is 0 Å². The monoisotopic (exact) mass is 331 g/mol. The average Bonchev–Trinajstić information content (AvgIpc) is 2.82. The van der Waals surface area contributed by atoms with Gasteiger partial charge in [0.05, 0.1) is 16.2 Å². The Bertz CT molecular complexity index is 499. The fraction of sp³-hybridized carbons (Fsp3) is 0.417. The third-order valence-corrected chi connectivity index (χ3v) is 4.91. The first-order valence-electron chi connectivity index (χ1n) is 5.28. The largest absolute Gasteiger partial charge is 0.465 e. The van der Waals surface area contributed by atoms with Crippen molar-refractivity contribution in [2.75, 3.05) is 0 Å². The van der Waals surface area contributed by atoms with E-state index in [1.165, 1.54) is 4.21 Å². The first-order valence-corrected chi connectivity index (χ1v) is 7.88. The molecule has 0 bridgehead atoms. The van der Waals surface area contributed by atoms with Crippen molar-refractivity contribution in [2.45, 2.75) is 36.1 Å². The molecule has 0 N–H and O–H groups in total. The van der Waals surface area contributed by atoms with Gasteiger partial charge in [0.15, 0.2) is 3.92 Å². The van der Waals surface area contributed by atoms with E-state index in [4.69, 9.17) is 4.42 Å². The maximum absolute atomic E-state index is 5.83. The van der Waals surface area contributed by atoms with Crippen LogP contribution in [0.2, 0.25) is 0 Å². The lowest BCUT2D eigenvalue weighted by Gasteiger charge is -2.14. The predicted octanol–water partition coefficient (Wildman–Crippen LogP) is 5.09. The van der Waals surface area contributed by atoms with Gasteiger partial charge in [-0.2, -0.15) is 0 Å². The number of hydrogen-bond donors (Lipinski definition) is 0. The highest BCUT2D eigenvalue weighted by molar-refractivity contribution is 9.11. The molecule has 0 atom stereocenters. The van der Waals surface area contributed by atoms with Crippen LogP contribution in [-0.2, 0) is 11.2 Å². The Balaban J connectivity index is 1.98. The first-order chi connectivity index (χ1) is 7.95. The highest BCUT2D eigenvalue weighted by Crippen LogP contribution is 2.32. The number of nitrogens with zero attached hydrogens (tertiary/aromatic N) is 1. The molecule has 2 nitrogen and oxygen atoms in total. The highest BCUT2D eigenvalue weighted by Gasteiger charge is 2.18. The number of rotatable bonds is 3. The second-order valence-electron chi connectivity index (χ2n) is 4.74. The number of hydrogen-bond acceptors (Lipinski definition) is 4. The van der Waals surface area contributed by atoms with Crippen LogP contribution < -0.4 is 0 Å². The van der Waals surface area contributed by atoms with Gasteiger partial charge in [-0.3, -0.25) is 0 Å². The normalized spacial score (nSPS) is 12.0. The first kappa shape index (κ1) is 13.2. The molecule has 2 aromatic heterocycles. The van der Waals surface area contributed by atoms with Crippen molar-refractivity contribution < 1.29 is 4.42 Å². The fourth-order valence-corrected chi connectivity index (χ4v) is 3.85. The molecule has 0 aliphatic rings. The third-order valence-electron chi connectivity index (χ3n) is 2.21. The second-order valence-corrected chi connectivity index (χ2v) is 8.32. The average molecular weight is 332 g/mol. The molecule has 2 aromatic rings. The number of thiazole rings is 1. The van der Waals surface area contributed by atoms with Gasteiger partial charge in [0.2, 0.25) is 0 Å². The Hall–Kier alpha value is -0.260. The van der Waals surface area contributed by atoms with Crippen LogP contribution in [0.4, 0.5) is 0 Å². The molecular weight excluding hydrogens is 318 g/mol. The van der Waals surface area contributed by atoms with E-state index in [9.17, 15) is 0 Å². The lowest BCUT2D eigenvalue weighted by Crippen LogP contribution is -2.09. The number of halogens is 1. The SMILES string of the molecule is CC(C)(C)c1ccc(CSc2cnc(Br)s2)o1. The summed E-state index contributed by atoms with van der Waals surface area (Å²) in [6, 6.07) is 4.13. The van der Waals surface area contributed by atoms with Crippen LogP contribution in [0.1, 0.15) is 32.3 Å². The van der Waals surface area contributed by atoms with Gasteiger partial charge in [-0.1, -0.05) is 20.8 Å². The molecule has 0 aliphatic heterocycles. The van der Waals surface area contributed by atoms with Gasteiger partial charge >= 0.3 is 0 Å². The minimum absolute atomic E-state index is 0.0798. The Morgan fingerprint density at radius 1 is 1.41 bits per heavy atom. The van der Waals surface area contributed by atoms with Crippen molar-refractivity contribution in [3.8, 4) is 0 Å². The Morgan fingerprint density at radius 3 is 2.71 bits per heavy atom. The van der Waals surface area contributed by atoms with Gasteiger partial charge in [-0.05, 0) is 28.1 Å². The molecule has 0 saturated carbocycles. The maximum atomic E-state index is 5.83. The molecule has 0 amide bonds.